The van der Waals surface area contributed by atoms with Crippen LogP contribution in [0.1, 0.15) is 39.2 Å². The Morgan fingerprint density at radius 1 is 1.38 bits per heavy atom. The van der Waals surface area contributed by atoms with Crippen molar-refractivity contribution < 1.29 is 9.53 Å². The first-order valence-corrected chi connectivity index (χ1v) is 8.62. The smallest absolute Gasteiger partial charge is 0.240 e. The SMILES string of the molecule is CCOC1CC(N)(C(=O)NCCCc2ccc(Cl)cc2)C1(C)C.Cl. The van der Waals surface area contributed by atoms with Gasteiger partial charge in [-0.1, -0.05) is 37.6 Å². The van der Waals surface area contributed by atoms with Crippen LogP contribution in [0, 0.1) is 5.41 Å². The molecule has 1 saturated carbocycles. The molecule has 0 radical (unpaired) electrons. The van der Waals surface area contributed by atoms with Crippen LogP contribution >= 0.6 is 24.0 Å². The number of aryl methyl sites for hydroxylation is 1. The Hall–Kier alpha value is -0.810. The average Bonchev–Trinajstić information content (AvgIpc) is 2.52. The van der Waals surface area contributed by atoms with Gasteiger partial charge >= 0.3 is 0 Å². The van der Waals surface area contributed by atoms with Gasteiger partial charge in [0.15, 0.2) is 0 Å². The number of halogens is 2. The summed E-state index contributed by atoms with van der Waals surface area (Å²) in [5.41, 5.74) is 6.38. The molecule has 0 saturated heterocycles. The minimum absolute atomic E-state index is 0. The molecule has 24 heavy (non-hydrogen) atoms. The Kier molecular flexibility index (Phi) is 7.54. The van der Waals surface area contributed by atoms with Gasteiger partial charge in [0.2, 0.25) is 5.91 Å². The van der Waals surface area contributed by atoms with Crippen molar-refractivity contribution >= 4 is 29.9 Å². The first-order chi connectivity index (χ1) is 10.8. The van der Waals surface area contributed by atoms with Crippen LogP contribution in [0.4, 0.5) is 0 Å². The zero-order chi connectivity index (χ0) is 17.1. The summed E-state index contributed by atoms with van der Waals surface area (Å²) in [5.74, 6) is -0.0745. The number of ether oxygens (including phenoxy) is 1. The van der Waals surface area contributed by atoms with E-state index in [1.54, 1.807) is 0 Å². The van der Waals surface area contributed by atoms with E-state index < -0.39 is 5.54 Å². The second kappa shape index (κ2) is 8.52. The number of amides is 1. The number of benzene rings is 1. The molecule has 0 heterocycles. The van der Waals surface area contributed by atoms with Crippen LogP contribution in [0.25, 0.3) is 0 Å². The molecule has 1 fully saturated rings. The molecule has 2 rings (SSSR count). The molecule has 0 bridgehead atoms. The quantitative estimate of drug-likeness (QED) is 0.719. The summed E-state index contributed by atoms with van der Waals surface area (Å²) in [6.07, 6.45) is 2.41. The molecule has 0 aliphatic heterocycles. The lowest BCUT2D eigenvalue weighted by Crippen LogP contribution is -2.75. The van der Waals surface area contributed by atoms with Gasteiger partial charge in [-0.25, -0.2) is 0 Å². The minimum atomic E-state index is -0.840. The maximum Gasteiger partial charge on any atom is 0.240 e. The predicted molar refractivity (Wildman–Crippen MR) is 101 cm³/mol. The van der Waals surface area contributed by atoms with Gasteiger partial charge in [-0.05, 0) is 37.5 Å². The number of hydrogen-bond donors (Lipinski definition) is 2. The highest BCUT2D eigenvalue weighted by Gasteiger charge is 2.62. The summed E-state index contributed by atoms with van der Waals surface area (Å²) in [5, 5.41) is 3.72. The number of nitrogens with one attached hydrogen (secondary N) is 1. The molecule has 1 aromatic carbocycles. The summed E-state index contributed by atoms with van der Waals surface area (Å²) < 4.78 is 5.66. The summed E-state index contributed by atoms with van der Waals surface area (Å²) in [4.78, 5) is 12.5. The highest BCUT2D eigenvalue weighted by molar-refractivity contribution is 6.30. The third-order valence-corrected chi connectivity index (χ3v) is 5.33. The van der Waals surface area contributed by atoms with Crippen molar-refractivity contribution in [2.24, 2.45) is 11.1 Å². The summed E-state index contributed by atoms with van der Waals surface area (Å²) in [6.45, 7) is 7.24. The van der Waals surface area contributed by atoms with Crippen molar-refractivity contribution in [2.75, 3.05) is 13.2 Å². The van der Waals surface area contributed by atoms with Crippen LogP contribution in [0.5, 0.6) is 0 Å². The van der Waals surface area contributed by atoms with E-state index in [4.69, 9.17) is 22.1 Å². The van der Waals surface area contributed by atoms with Crippen LogP contribution in [0.3, 0.4) is 0 Å². The van der Waals surface area contributed by atoms with Crippen molar-refractivity contribution in [3.63, 3.8) is 0 Å². The van der Waals surface area contributed by atoms with Gasteiger partial charge in [-0.15, -0.1) is 12.4 Å². The maximum atomic E-state index is 12.5. The van der Waals surface area contributed by atoms with Crippen LogP contribution in [-0.2, 0) is 16.0 Å². The summed E-state index contributed by atoms with van der Waals surface area (Å²) in [7, 11) is 0. The van der Waals surface area contributed by atoms with Crippen LogP contribution in [-0.4, -0.2) is 30.7 Å². The fraction of sp³-hybridized carbons (Fsp3) is 0.611. The highest BCUT2D eigenvalue weighted by Crippen LogP contribution is 2.49. The molecule has 1 amide bonds. The molecule has 0 spiro atoms. The van der Waals surface area contributed by atoms with E-state index in [1.807, 2.05) is 45.0 Å². The summed E-state index contributed by atoms with van der Waals surface area (Å²) in [6, 6.07) is 7.79. The fourth-order valence-electron chi connectivity index (χ4n) is 3.12. The average molecular weight is 375 g/mol. The molecule has 3 N–H and O–H groups in total. The molecule has 1 aromatic rings. The van der Waals surface area contributed by atoms with E-state index in [2.05, 4.69) is 5.32 Å². The van der Waals surface area contributed by atoms with E-state index in [9.17, 15) is 4.79 Å². The van der Waals surface area contributed by atoms with E-state index >= 15 is 0 Å². The van der Waals surface area contributed by atoms with Crippen LogP contribution < -0.4 is 11.1 Å². The lowest BCUT2D eigenvalue weighted by Gasteiger charge is -2.57. The zero-order valence-electron chi connectivity index (χ0n) is 14.6. The van der Waals surface area contributed by atoms with Crippen molar-refractivity contribution in [2.45, 2.75) is 51.7 Å². The number of hydrogen-bond acceptors (Lipinski definition) is 3. The van der Waals surface area contributed by atoms with E-state index in [-0.39, 0.29) is 29.8 Å². The second-order valence-electron chi connectivity index (χ2n) is 6.83. The number of carbonyl (C=O) groups is 1. The van der Waals surface area contributed by atoms with Gasteiger partial charge in [0.25, 0.3) is 0 Å². The van der Waals surface area contributed by atoms with Crippen molar-refractivity contribution in [3.8, 4) is 0 Å². The van der Waals surface area contributed by atoms with Gasteiger partial charge in [-0.3, -0.25) is 4.79 Å². The number of rotatable bonds is 7. The molecule has 1 aliphatic rings. The molecular formula is C18H28Cl2N2O2. The van der Waals surface area contributed by atoms with Gasteiger partial charge < -0.3 is 15.8 Å². The largest absolute Gasteiger partial charge is 0.378 e. The van der Waals surface area contributed by atoms with Crippen molar-refractivity contribution in [1.29, 1.82) is 0 Å². The molecular weight excluding hydrogens is 347 g/mol. The zero-order valence-corrected chi connectivity index (χ0v) is 16.2. The molecule has 2 unspecified atom stereocenters. The number of nitrogens with two attached hydrogens (primary N) is 1. The van der Waals surface area contributed by atoms with E-state index in [0.717, 1.165) is 17.9 Å². The monoisotopic (exact) mass is 374 g/mol. The van der Waals surface area contributed by atoms with Gasteiger partial charge in [0.1, 0.15) is 5.54 Å². The Morgan fingerprint density at radius 3 is 2.54 bits per heavy atom. The molecule has 6 heteroatoms. The lowest BCUT2D eigenvalue weighted by atomic mass is 9.54. The first-order valence-electron chi connectivity index (χ1n) is 8.24. The maximum absolute atomic E-state index is 12.5. The van der Waals surface area contributed by atoms with E-state index in [1.165, 1.54) is 5.56 Å². The van der Waals surface area contributed by atoms with Crippen LogP contribution in [0.2, 0.25) is 5.02 Å². The van der Waals surface area contributed by atoms with Gasteiger partial charge in [0, 0.05) is 30.0 Å². The van der Waals surface area contributed by atoms with Crippen molar-refractivity contribution in [1.82, 2.24) is 5.32 Å². The Labute approximate surface area is 155 Å². The minimum Gasteiger partial charge on any atom is -0.378 e. The van der Waals surface area contributed by atoms with Gasteiger partial charge in [0.05, 0.1) is 6.10 Å². The first kappa shape index (κ1) is 21.2. The van der Waals surface area contributed by atoms with Gasteiger partial charge in [-0.2, -0.15) is 0 Å². The molecule has 1 aliphatic carbocycles. The topological polar surface area (TPSA) is 64.3 Å². The predicted octanol–water partition coefficient (Wildman–Crippen LogP) is 3.34. The second-order valence-corrected chi connectivity index (χ2v) is 7.26. The standard InChI is InChI=1S/C18H27ClN2O2.ClH/c1-4-23-15-12-18(20,17(15,2)3)16(22)21-11-5-6-13-7-9-14(19)10-8-13;/h7-10,15H,4-6,11-12,20H2,1-3H3,(H,21,22);1H. The Bertz CT molecular complexity index is 548. The third-order valence-electron chi connectivity index (χ3n) is 5.08. The molecule has 2 atom stereocenters. The Balaban J connectivity index is 0.00000288. The molecule has 4 nitrogen and oxygen atoms in total. The highest BCUT2D eigenvalue weighted by atomic mass is 35.5. The van der Waals surface area contributed by atoms with Crippen molar-refractivity contribution in [3.05, 3.63) is 34.9 Å². The lowest BCUT2D eigenvalue weighted by molar-refractivity contribution is -0.170. The summed E-state index contributed by atoms with van der Waals surface area (Å²) >= 11 is 5.87. The van der Waals surface area contributed by atoms with Crippen LogP contribution in [0.15, 0.2) is 24.3 Å². The number of carbonyl (C=O) groups excluding carboxylic acids is 1. The molecule has 136 valence electrons. The normalized spacial score (nSPS) is 24.6. The fourth-order valence-corrected chi connectivity index (χ4v) is 3.25. The van der Waals surface area contributed by atoms with E-state index in [0.29, 0.717) is 19.6 Å². The molecule has 0 aromatic heterocycles. The third kappa shape index (κ3) is 4.23. The Morgan fingerprint density at radius 2 is 2.00 bits per heavy atom.